The van der Waals surface area contributed by atoms with Crippen LogP contribution in [-0.2, 0) is 20.9 Å². The van der Waals surface area contributed by atoms with Crippen LogP contribution in [-0.4, -0.2) is 40.4 Å². The summed E-state index contributed by atoms with van der Waals surface area (Å²) in [5, 5.41) is 2.97. The van der Waals surface area contributed by atoms with Crippen molar-refractivity contribution < 1.29 is 23.9 Å². The molecular weight excluding hydrogens is 466 g/mol. The van der Waals surface area contributed by atoms with Crippen molar-refractivity contribution in [3.63, 3.8) is 0 Å². The van der Waals surface area contributed by atoms with E-state index in [-0.39, 0.29) is 12.1 Å². The first kappa shape index (κ1) is 24.2. The summed E-state index contributed by atoms with van der Waals surface area (Å²) in [6.07, 6.45) is 1.49. The number of methoxy groups -OCH3 is 1. The van der Waals surface area contributed by atoms with Gasteiger partial charge in [0.1, 0.15) is 10.6 Å². The van der Waals surface area contributed by atoms with Crippen LogP contribution in [0.4, 0.5) is 4.79 Å². The third-order valence-electron chi connectivity index (χ3n) is 6.10. The summed E-state index contributed by atoms with van der Waals surface area (Å²) in [6.45, 7) is 7.60. The Hall–Kier alpha value is -3.98. The molecule has 1 saturated heterocycles. The van der Waals surface area contributed by atoms with Crippen LogP contribution < -0.4 is 5.32 Å². The highest BCUT2D eigenvalue weighted by molar-refractivity contribution is 7.15. The maximum Gasteiger partial charge on any atom is 0.341 e. The maximum absolute atomic E-state index is 13.2. The lowest BCUT2D eigenvalue weighted by Gasteiger charge is -2.26. The number of esters is 1. The topological polar surface area (TPSA) is 97.7 Å². The number of nitrogens with zero attached hydrogens (tertiary/aromatic N) is 2. The van der Waals surface area contributed by atoms with E-state index in [2.05, 4.69) is 5.32 Å². The quantitative estimate of drug-likeness (QED) is 0.327. The molecule has 0 atom stereocenters. The fourth-order valence-electron chi connectivity index (χ4n) is 4.11. The Balaban J connectivity index is 1.76. The second kappa shape index (κ2) is 9.34. The Morgan fingerprint density at radius 3 is 2.43 bits per heavy atom. The monoisotopic (exact) mass is 491 g/mol. The molecule has 2 aromatic heterocycles. The first-order chi connectivity index (χ1) is 16.6. The first-order valence-corrected chi connectivity index (χ1v) is 11.8. The molecule has 1 aliphatic rings. The van der Waals surface area contributed by atoms with E-state index in [9.17, 15) is 19.2 Å². The van der Waals surface area contributed by atoms with E-state index < -0.39 is 23.8 Å². The van der Waals surface area contributed by atoms with Gasteiger partial charge in [-0.25, -0.2) is 9.59 Å². The highest BCUT2D eigenvalue weighted by atomic mass is 32.1. The minimum absolute atomic E-state index is 0.0470. The van der Waals surface area contributed by atoms with Crippen molar-refractivity contribution in [3.05, 3.63) is 80.5 Å². The van der Waals surface area contributed by atoms with Crippen LogP contribution in [0.5, 0.6) is 0 Å². The third kappa shape index (κ3) is 4.30. The van der Waals surface area contributed by atoms with Gasteiger partial charge in [-0.2, -0.15) is 0 Å². The zero-order valence-corrected chi connectivity index (χ0v) is 20.9. The van der Waals surface area contributed by atoms with Gasteiger partial charge in [-0.1, -0.05) is 30.3 Å². The van der Waals surface area contributed by atoms with Crippen LogP contribution in [0.25, 0.3) is 11.1 Å². The number of hydrogen-bond acceptors (Lipinski definition) is 6. The number of ether oxygens (including phenoxy) is 1. The molecule has 1 aromatic carbocycles. The zero-order chi connectivity index (χ0) is 25.4. The van der Waals surface area contributed by atoms with Crippen molar-refractivity contribution >= 4 is 41.2 Å². The van der Waals surface area contributed by atoms with Crippen molar-refractivity contribution in [2.24, 2.45) is 0 Å². The molecule has 35 heavy (non-hydrogen) atoms. The molecule has 0 aliphatic carbocycles. The van der Waals surface area contributed by atoms with Gasteiger partial charge >= 0.3 is 12.0 Å². The summed E-state index contributed by atoms with van der Waals surface area (Å²) in [5.41, 5.74) is 4.17. The molecule has 3 heterocycles. The van der Waals surface area contributed by atoms with Crippen LogP contribution in [0.3, 0.4) is 0 Å². The predicted molar refractivity (Wildman–Crippen MR) is 132 cm³/mol. The van der Waals surface area contributed by atoms with Gasteiger partial charge in [-0.3, -0.25) is 19.8 Å². The minimum atomic E-state index is -0.751. The normalized spacial score (nSPS) is 15.1. The molecule has 1 aliphatic heterocycles. The predicted octanol–water partition coefficient (Wildman–Crippen LogP) is 4.22. The molecular formula is C26H25N3O5S. The number of aryl methyl sites for hydroxylation is 2. The van der Waals surface area contributed by atoms with Crippen LogP contribution in [0.2, 0.25) is 0 Å². The van der Waals surface area contributed by atoms with Crippen LogP contribution in [0.1, 0.15) is 43.3 Å². The fraction of sp³-hybridized carbons (Fsp3) is 0.231. The highest BCUT2D eigenvalue weighted by Gasteiger charge is 2.36. The Labute approximate surface area is 206 Å². The summed E-state index contributed by atoms with van der Waals surface area (Å²) in [7, 11) is 1.35. The van der Waals surface area contributed by atoms with E-state index in [1.165, 1.54) is 24.5 Å². The summed E-state index contributed by atoms with van der Waals surface area (Å²) < 4.78 is 6.92. The van der Waals surface area contributed by atoms with Gasteiger partial charge in [0.15, 0.2) is 0 Å². The summed E-state index contributed by atoms with van der Waals surface area (Å²) in [5.74, 6) is -1.83. The van der Waals surface area contributed by atoms with Crippen LogP contribution in [0, 0.1) is 27.7 Å². The highest BCUT2D eigenvalue weighted by Crippen LogP contribution is 2.35. The molecule has 0 saturated carbocycles. The Bertz CT molecular complexity index is 1400. The maximum atomic E-state index is 13.2. The number of thiophene rings is 1. The van der Waals surface area contributed by atoms with Crippen molar-refractivity contribution in [3.8, 4) is 5.00 Å². The number of nitrogens with one attached hydrogen (secondary N) is 1. The van der Waals surface area contributed by atoms with E-state index in [1.807, 2.05) is 56.5 Å². The van der Waals surface area contributed by atoms with Gasteiger partial charge < -0.3 is 9.30 Å². The zero-order valence-electron chi connectivity index (χ0n) is 20.1. The summed E-state index contributed by atoms with van der Waals surface area (Å²) >= 11 is 1.47. The summed E-state index contributed by atoms with van der Waals surface area (Å²) in [6, 6.07) is 10.2. The largest absolute Gasteiger partial charge is 0.465 e. The number of rotatable bonds is 5. The minimum Gasteiger partial charge on any atom is -0.465 e. The second-order valence-electron chi connectivity index (χ2n) is 8.31. The van der Waals surface area contributed by atoms with Gasteiger partial charge in [-0.15, -0.1) is 11.3 Å². The van der Waals surface area contributed by atoms with Gasteiger partial charge in [-0.05, 0) is 56.5 Å². The first-order valence-electron chi connectivity index (χ1n) is 10.9. The lowest BCUT2D eigenvalue weighted by molar-refractivity contribution is -0.130. The number of imide groups is 2. The van der Waals surface area contributed by atoms with Crippen molar-refractivity contribution in [1.82, 2.24) is 14.8 Å². The van der Waals surface area contributed by atoms with E-state index in [0.717, 1.165) is 32.3 Å². The second-order valence-corrected chi connectivity index (χ2v) is 9.51. The number of amides is 4. The van der Waals surface area contributed by atoms with Gasteiger partial charge in [0.05, 0.1) is 19.2 Å². The molecule has 0 bridgehead atoms. The lowest BCUT2D eigenvalue weighted by Crippen LogP contribution is -2.53. The van der Waals surface area contributed by atoms with Crippen molar-refractivity contribution in [2.75, 3.05) is 7.11 Å². The Morgan fingerprint density at radius 2 is 1.77 bits per heavy atom. The Morgan fingerprint density at radius 1 is 1.09 bits per heavy atom. The molecule has 1 N–H and O–H groups in total. The van der Waals surface area contributed by atoms with Gasteiger partial charge in [0.2, 0.25) is 0 Å². The number of aromatic nitrogens is 1. The molecule has 0 unspecified atom stereocenters. The van der Waals surface area contributed by atoms with E-state index >= 15 is 0 Å². The molecule has 4 amide bonds. The molecule has 180 valence electrons. The van der Waals surface area contributed by atoms with Crippen LogP contribution in [0.15, 0.2) is 42.0 Å². The molecule has 9 heteroatoms. The lowest BCUT2D eigenvalue weighted by atomic mass is 10.1. The average molecular weight is 492 g/mol. The molecule has 0 spiro atoms. The fourth-order valence-corrected chi connectivity index (χ4v) is 5.37. The van der Waals surface area contributed by atoms with E-state index in [1.54, 1.807) is 12.1 Å². The smallest absolute Gasteiger partial charge is 0.341 e. The van der Waals surface area contributed by atoms with E-state index in [4.69, 9.17) is 4.74 Å². The number of urea groups is 1. The van der Waals surface area contributed by atoms with E-state index in [0.29, 0.717) is 16.1 Å². The number of hydrogen-bond donors (Lipinski definition) is 1. The van der Waals surface area contributed by atoms with Crippen molar-refractivity contribution in [2.45, 2.75) is 34.2 Å². The molecule has 0 radical (unpaired) electrons. The van der Waals surface area contributed by atoms with Crippen LogP contribution >= 0.6 is 11.3 Å². The number of carbonyl (C=O) groups excluding carboxylic acids is 4. The molecule has 4 rings (SSSR count). The number of carbonyl (C=O) groups is 4. The van der Waals surface area contributed by atoms with Gasteiger partial charge in [0.25, 0.3) is 11.8 Å². The SMILES string of the molecule is COC(=O)c1c(-n2c(C)cc(/C=C3\C(=O)NC(=O)N(Cc4ccccc4)C3=O)c2C)sc(C)c1C. The Kier molecular flexibility index (Phi) is 6.45. The molecule has 3 aromatic rings. The average Bonchev–Trinajstić information content (AvgIpc) is 3.27. The number of benzene rings is 1. The molecule has 1 fully saturated rings. The van der Waals surface area contributed by atoms with Gasteiger partial charge in [0, 0.05) is 16.3 Å². The third-order valence-corrected chi connectivity index (χ3v) is 7.29. The standard InChI is InChI=1S/C26H25N3O5S/c1-14-11-19(16(3)29(14)24-21(25(32)34-5)15(2)17(4)35-24)12-20-22(30)27-26(33)28(23(20)31)13-18-9-7-6-8-10-18/h6-12H,13H2,1-5H3,(H,27,30,33)/b20-12+. The molecule has 8 nitrogen and oxygen atoms in total. The summed E-state index contributed by atoms with van der Waals surface area (Å²) in [4.78, 5) is 52.7. The number of barbiturate groups is 1. The van der Waals surface area contributed by atoms with Crippen molar-refractivity contribution in [1.29, 1.82) is 0 Å².